The molecule has 0 aliphatic rings. The first-order valence-electron chi connectivity index (χ1n) is 6.02. The average molecular weight is 269 g/mol. The van der Waals surface area contributed by atoms with Crippen molar-refractivity contribution in [2.24, 2.45) is 0 Å². The van der Waals surface area contributed by atoms with Crippen molar-refractivity contribution in [3.63, 3.8) is 0 Å². The number of carbonyl (C=O) groups is 1. The van der Waals surface area contributed by atoms with Crippen molar-refractivity contribution in [1.29, 1.82) is 0 Å². The zero-order valence-electron chi connectivity index (χ0n) is 10.8. The highest BCUT2D eigenvalue weighted by atomic mass is 32.2. The van der Waals surface area contributed by atoms with Crippen LogP contribution in [0, 0.1) is 0 Å². The molecule has 0 saturated carbocycles. The number of benzene rings is 1. The first-order chi connectivity index (χ1) is 8.44. The molecule has 0 atom stereocenters. The Morgan fingerprint density at radius 1 is 1.22 bits per heavy atom. The van der Waals surface area contributed by atoms with Gasteiger partial charge in [0.25, 0.3) is 0 Å². The van der Waals surface area contributed by atoms with Crippen molar-refractivity contribution in [2.75, 3.05) is 5.75 Å². The Hall–Kier alpha value is -1.20. The number of sulfonamides is 1. The van der Waals surface area contributed by atoms with Crippen molar-refractivity contribution in [3.8, 4) is 0 Å². The maximum absolute atomic E-state index is 11.6. The Bertz CT molecular complexity index is 491. The third kappa shape index (κ3) is 4.98. The van der Waals surface area contributed by atoms with Gasteiger partial charge in [-0.2, -0.15) is 0 Å². The molecule has 0 aliphatic carbocycles. The zero-order valence-corrected chi connectivity index (χ0v) is 11.6. The van der Waals surface area contributed by atoms with Gasteiger partial charge in [0.05, 0.1) is 5.75 Å². The lowest BCUT2D eigenvalue weighted by Gasteiger charge is -2.06. The molecule has 0 fully saturated rings. The number of ketones is 1. The van der Waals surface area contributed by atoms with Crippen LogP contribution >= 0.6 is 0 Å². The van der Waals surface area contributed by atoms with Crippen LogP contribution in [0.4, 0.5) is 0 Å². The van der Waals surface area contributed by atoms with Gasteiger partial charge in [-0.05, 0) is 18.9 Å². The van der Waals surface area contributed by atoms with Gasteiger partial charge < -0.3 is 0 Å². The lowest BCUT2D eigenvalue weighted by molar-refractivity contribution is 0.101. The van der Waals surface area contributed by atoms with Crippen molar-refractivity contribution < 1.29 is 13.2 Å². The van der Waals surface area contributed by atoms with Crippen molar-refractivity contribution in [3.05, 3.63) is 35.4 Å². The molecule has 0 aromatic heterocycles. The number of Topliss-reactive ketones (excluding diaryl/α,β-unsaturated/α-hetero) is 1. The van der Waals surface area contributed by atoms with E-state index in [0.29, 0.717) is 12.0 Å². The van der Waals surface area contributed by atoms with E-state index in [4.69, 9.17) is 0 Å². The summed E-state index contributed by atoms with van der Waals surface area (Å²) in [6, 6.07) is 6.94. The summed E-state index contributed by atoms with van der Waals surface area (Å²) in [6.07, 6.45) is 1.52. The van der Waals surface area contributed by atoms with Gasteiger partial charge in [-0.1, -0.05) is 37.6 Å². The second kappa shape index (κ2) is 6.66. The fraction of sp³-hybridized carbons (Fsp3) is 0.462. The summed E-state index contributed by atoms with van der Waals surface area (Å²) in [7, 11) is -3.19. The Kier molecular flexibility index (Phi) is 5.50. The van der Waals surface area contributed by atoms with Gasteiger partial charge in [-0.25, -0.2) is 13.1 Å². The Labute approximate surface area is 108 Å². The second-order valence-corrected chi connectivity index (χ2v) is 6.17. The second-order valence-electron chi connectivity index (χ2n) is 4.25. The molecule has 0 bridgehead atoms. The molecule has 0 unspecified atom stereocenters. The number of rotatable bonds is 7. The van der Waals surface area contributed by atoms with Crippen molar-refractivity contribution in [2.45, 2.75) is 33.2 Å². The fourth-order valence-electron chi connectivity index (χ4n) is 1.46. The van der Waals surface area contributed by atoms with Crippen LogP contribution in [0.5, 0.6) is 0 Å². The van der Waals surface area contributed by atoms with Crippen LogP contribution in [0.25, 0.3) is 0 Å². The molecule has 100 valence electrons. The monoisotopic (exact) mass is 269 g/mol. The minimum atomic E-state index is -3.19. The molecule has 0 spiro atoms. The summed E-state index contributed by atoms with van der Waals surface area (Å²) in [5.41, 5.74) is 1.48. The Balaban J connectivity index is 2.56. The molecule has 0 amide bonds. The summed E-state index contributed by atoms with van der Waals surface area (Å²) < 4.78 is 25.7. The van der Waals surface area contributed by atoms with Crippen LogP contribution in [-0.4, -0.2) is 20.0 Å². The van der Waals surface area contributed by atoms with Crippen LogP contribution in [0.3, 0.4) is 0 Å². The summed E-state index contributed by atoms with van der Waals surface area (Å²) in [4.78, 5) is 11.1. The van der Waals surface area contributed by atoms with Gasteiger partial charge in [0.2, 0.25) is 10.0 Å². The third-order valence-corrected chi connectivity index (χ3v) is 4.03. The molecule has 0 aliphatic heterocycles. The van der Waals surface area contributed by atoms with E-state index in [-0.39, 0.29) is 18.1 Å². The minimum Gasteiger partial charge on any atom is -0.295 e. The SMILES string of the molecule is CCCCS(=O)(=O)NCc1ccc(C(C)=O)cc1. The van der Waals surface area contributed by atoms with E-state index < -0.39 is 10.0 Å². The van der Waals surface area contributed by atoms with Gasteiger partial charge in [0.1, 0.15) is 0 Å². The van der Waals surface area contributed by atoms with Crippen molar-refractivity contribution >= 4 is 15.8 Å². The molecule has 0 radical (unpaired) electrons. The van der Waals surface area contributed by atoms with E-state index in [1.54, 1.807) is 24.3 Å². The molecular formula is C13H19NO3S. The van der Waals surface area contributed by atoms with E-state index in [1.807, 2.05) is 6.92 Å². The van der Waals surface area contributed by atoms with E-state index in [1.165, 1.54) is 6.92 Å². The lowest BCUT2D eigenvalue weighted by atomic mass is 10.1. The maximum Gasteiger partial charge on any atom is 0.211 e. The van der Waals surface area contributed by atoms with E-state index in [0.717, 1.165) is 12.0 Å². The molecule has 1 aromatic rings. The zero-order chi connectivity index (χ0) is 13.6. The van der Waals surface area contributed by atoms with Gasteiger partial charge in [-0.3, -0.25) is 4.79 Å². The molecular weight excluding hydrogens is 250 g/mol. The van der Waals surface area contributed by atoms with Crippen LogP contribution < -0.4 is 4.72 Å². The van der Waals surface area contributed by atoms with E-state index in [2.05, 4.69) is 4.72 Å². The number of hydrogen-bond donors (Lipinski definition) is 1. The minimum absolute atomic E-state index is 0.00470. The van der Waals surface area contributed by atoms with Crippen molar-refractivity contribution in [1.82, 2.24) is 4.72 Å². The third-order valence-electron chi connectivity index (χ3n) is 2.62. The molecule has 1 N–H and O–H groups in total. The number of nitrogens with one attached hydrogen (secondary N) is 1. The molecule has 5 heteroatoms. The van der Waals surface area contributed by atoms with Gasteiger partial charge >= 0.3 is 0 Å². The van der Waals surface area contributed by atoms with E-state index >= 15 is 0 Å². The van der Waals surface area contributed by atoms with Crippen LogP contribution in [0.2, 0.25) is 0 Å². The number of unbranched alkanes of at least 4 members (excludes halogenated alkanes) is 1. The standard InChI is InChI=1S/C13H19NO3S/c1-3-4-9-18(16,17)14-10-12-5-7-13(8-6-12)11(2)15/h5-8,14H,3-4,9-10H2,1-2H3. The highest BCUT2D eigenvalue weighted by Gasteiger charge is 2.08. The molecule has 1 aromatic carbocycles. The highest BCUT2D eigenvalue weighted by molar-refractivity contribution is 7.89. The Morgan fingerprint density at radius 3 is 2.33 bits per heavy atom. The number of carbonyl (C=O) groups excluding carboxylic acids is 1. The topological polar surface area (TPSA) is 63.2 Å². The van der Waals surface area contributed by atoms with Crippen LogP contribution in [0.15, 0.2) is 24.3 Å². The molecule has 4 nitrogen and oxygen atoms in total. The summed E-state index contributed by atoms with van der Waals surface area (Å²) in [5, 5.41) is 0. The summed E-state index contributed by atoms with van der Waals surface area (Å²) >= 11 is 0. The maximum atomic E-state index is 11.6. The largest absolute Gasteiger partial charge is 0.295 e. The molecule has 0 saturated heterocycles. The fourth-order valence-corrected chi connectivity index (χ4v) is 2.66. The summed E-state index contributed by atoms with van der Waals surface area (Å²) in [6.45, 7) is 3.72. The quantitative estimate of drug-likeness (QED) is 0.771. The first kappa shape index (κ1) is 14.9. The first-order valence-corrected chi connectivity index (χ1v) is 7.67. The van der Waals surface area contributed by atoms with Crippen LogP contribution in [-0.2, 0) is 16.6 Å². The summed E-state index contributed by atoms with van der Waals surface area (Å²) in [5.74, 6) is 0.166. The van der Waals surface area contributed by atoms with Gasteiger partial charge in [0, 0.05) is 12.1 Å². The predicted octanol–water partition coefficient (Wildman–Crippen LogP) is 2.11. The Morgan fingerprint density at radius 2 is 1.83 bits per heavy atom. The van der Waals surface area contributed by atoms with Crippen LogP contribution in [0.1, 0.15) is 42.6 Å². The lowest BCUT2D eigenvalue weighted by Crippen LogP contribution is -2.25. The highest BCUT2D eigenvalue weighted by Crippen LogP contribution is 2.05. The molecule has 18 heavy (non-hydrogen) atoms. The smallest absolute Gasteiger partial charge is 0.211 e. The van der Waals surface area contributed by atoms with Gasteiger partial charge in [-0.15, -0.1) is 0 Å². The van der Waals surface area contributed by atoms with Gasteiger partial charge in [0.15, 0.2) is 5.78 Å². The number of hydrogen-bond acceptors (Lipinski definition) is 3. The average Bonchev–Trinajstić information content (AvgIpc) is 2.35. The normalized spacial score (nSPS) is 11.4. The van der Waals surface area contributed by atoms with E-state index in [9.17, 15) is 13.2 Å². The predicted molar refractivity (Wildman–Crippen MR) is 72.0 cm³/mol. The molecule has 1 rings (SSSR count). The molecule has 0 heterocycles.